The quantitative estimate of drug-likeness (QED) is 0.814. The van der Waals surface area contributed by atoms with Gasteiger partial charge in [0.1, 0.15) is 12.0 Å². The van der Waals surface area contributed by atoms with Gasteiger partial charge in [0.05, 0.1) is 12.1 Å². The third-order valence-corrected chi connectivity index (χ3v) is 5.12. The Balaban J connectivity index is 0.00000225. The fourth-order valence-electron chi connectivity index (χ4n) is 3.13. The van der Waals surface area contributed by atoms with Gasteiger partial charge >= 0.3 is 0 Å². The summed E-state index contributed by atoms with van der Waals surface area (Å²) >= 11 is 12.3. The smallest absolute Gasteiger partial charge is 0.257 e. The molecular weight excluding hydrogens is 383 g/mol. The van der Waals surface area contributed by atoms with Crippen LogP contribution in [0.15, 0.2) is 34.9 Å². The van der Waals surface area contributed by atoms with Crippen LogP contribution < -0.4 is 5.73 Å². The Morgan fingerprint density at radius 1 is 1.24 bits per heavy atom. The van der Waals surface area contributed by atoms with E-state index < -0.39 is 0 Å². The van der Waals surface area contributed by atoms with Crippen molar-refractivity contribution < 1.29 is 9.21 Å². The van der Waals surface area contributed by atoms with Crippen LogP contribution in [-0.4, -0.2) is 23.9 Å². The molecule has 1 saturated heterocycles. The predicted octanol–water partition coefficient (Wildman–Crippen LogP) is 4.56. The molecule has 0 saturated carbocycles. The van der Waals surface area contributed by atoms with E-state index in [-0.39, 0.29) is 18.3 Å². The fraction of sp³-hybridized carbons (Fsp3) is 0.389. The Bertz CT molecular complexity index is 725. The van der Waals surface area contributed by atoms with Gasteiger partial charge in [-0.2, -0.15) is 0 Å². The summed E-state index contributed by atoms with van der Waals surface area (Å²) in [5.41, 5.74) is 7.17. The third-order valence-electron chi connectivity index (χ3n) is 4.52. The molecule has 3 rings (SSSR count). The molecule has 1 amide bonds. The molecule has 1 fully saturated rings. The molecule has 2 aromatic rings. The van der Waals surface area contributed by atoms with E-state index in [9.17, 15) is 4.79 Å². The number of halogens is 3. The van der Waals surface area contributed by atoms with Gasteiger partial charge < -0.3 is 15.1 Å². The molecule has 1 aromatic heterocycles. The van der Waals surface area contributed by atoms with Gasteiger partial charge in [-0.3, -0.25) is 4.79 Å². The lowest BCUT2D eigenvalue weighted by atomic mass is 9.90. The molecule has 1 aliphatic rings. The Hall–Kier alpha value is -1.20. The zero-order chi connectivity index (χ0) is 17.1. The van der Waals surface area contributed by atoms with Crippen LogP contribution in [0.25, 0.3) is 0 Å². The number of carbonyl (C=O) groups excluding carboxylic acids is 1. The number of rotatable bonds is 4. The highest BCUT2D eigenvalue weighted by molar-refractivity contribution is 6.33. The summed E-state index contributed by atoms with van der Waals surface area (Å²) in [6.07, 6.45) is 4.29. The minimum absolute atomic E-state index is 0. The zero-order valence-electron chi connectivity index (χ0n) is 13.7. The van der Waals surface area contributed by atoms with E-state index in [1.54, 1.807) is 12.1 Å². The molecule has 0 aliphatic carbocycles. The van der Waals surface area contributed by atoms with E-state index in [1.165, 1.54) is 6.26 Å². The second-order valence-electron chi connectivity index (χ2n) is 6.18. The lowest BCUT2D eigenvalue weighted by Crippen LogP contribution is -2.38. The minimum Gasteiger partial charge on any atom is -0.467 e. The predicted molar refractivity (Wildman–Crippen MR) is 103 cm³/mol. The van der Waals surface area contributed by atoms with Crippen LogP contribution in [-0.2, 0) is 13.0 Å². The van der Waals surface area contributed by atoms with Crippen LogP contribution in [0.5, 0.6) is 0 Å². The van der Waals surface area contributed by atoms with E-state index in [0.717, 1.165) is 42.9 Å². The molecule has 2 N–H and O–H groups in total. The number of benzene rings is 1. The molecule has 1 aliphatic heterocycles. The molecule has 7 heteroatoms. The van der Waals surface area contributed by atoms with E-state index in [4.69, 9.17) is 33.4 Å². The summed E-state index contributed by atoms with van der Waals surface area (Å²) in [6.45, 7) is 1.78. The van der Waals surface area contributed by atoms with Crippen molar-refractivity contribution in [3.63, 3.8) is 0 Å². The maximum atomic E-state index is 12.5. The Morgan fingerprint density at radius 3 is 2.60 bits per heavy atom. The lowest BCUT2D eigenvalue weighted by Gasteiger charge is -2.32. The van der Waals surface area contributed by atoms with Crippen molar-refractivity contribution in [2.24, 2.45) is 11.7 Å². The van der Waals surface area contributed by atoms with Crippen LogP contribution in [0.1, 0.15) is 34.5 Å². The molecule has 0 atom stereocenters. The lowest BCUT2D eigenvalue weighted by molar-refractivity contribution is 0.0690. The maximum absolute atomic E-state index is 12.5. The molecule has 1 aromatic carbocycles. The van der Waals surface area contributed by atoms with Crippen molar-refractivity contribution in [1.82, 2.24) is 4.90 Å². The molecule has 4 nitrogen and oxygen atoms in total. The van der Waals surface area contributed by atoms with Crippen molar-refractivity contribution in [3.05, 3.63) is 57.5 Å². The second kappa shape index (κ2) is 8.95. The van der Waals surface area contributed by atoms with Crippen molar-refractivity contribution in [1.29, 1.82) is 0 Å². The van der Waals surface area contributed by atoms with Crippen LogP contribution in [0.4, 0.5) is 0 Å². The van der Waals surface area contributed by atoms with Crippen molar-refractivity contribution >= 4 is 41.5 Å². The Labute approximate surface area is 163 Å². The van der Waals surface area contributed by atoms with Crippen LogP contribution in [0.3, 0.4) is 0 Å². The third kappa shape index (κ3) is 4.91. The van der Waals surface area contributed by atoms with Crippen LogP contribution in [0, 0.1) is 5.92 Å². The van der Waals surface area contributed by atoms with E-state index >= 15 is 0 Å². The van der Waals surface area contributed by atoms with Gasteiger partial charge in [0.15, 0.2) is 0 Å². The fourth-order valence-corrected chi connectivity index (χ4v) is 3.52. The van der Waals surface area contributed by atoms with Crippen LogP contribution >= 0.6 is 35.6 Å². The molecule has 0 radical (unpaired) electrons. The first kappa shape index (κ1) is 20.1. The summed E-state index contributed by atoms with van der Waals surface area (Å²) in [6, 6.07) is 7.29. The van der Waals surface area contributed by atoms with E-state index in [0.29, 0.717) is 28.8 Å². The topological polar surface area (TPSA) is 59.5 Å². The molecule has 0 spiro atoms. The number of piperidine rings is 1. The number of furan rings is 1. The first-order valence-electron chi connectivity index (χ1n) is 8.07. The van der Waals surface area contributed by atoms with Gasteiger partial charge in [-0.1, -0.05) is 23.2 Å². The summed E-state index contributed by atoms with van der Waals surface area (Å²) in [5, 5.41) is 1.46. The van der Waals surface area contributed by atoms with Crippen LogP contribution in [0.2, 0.25) is 10.0 Å². The summed E-state index contributed by atoms with van der Waals surface area (Å²) in [7, 11) is 0. The molecule has 25 heavy (non-hydrogen) atoms. The van der Waals surface area contributed by atoms with Gasteiger partial charge in [-0.15, -0.1) is 12.4 Å². The maximum Gasteiger partial charge on any atom is 0.257 e. The average molecular weight is 404 g/mol. The zero-order valence-corrected chi connectivity index (χ0v) is 16.0. The number of hydrogen-bond acceptors (Lipinski definition) is 3. The monoisotopic (exact) mass is 402 g/mol. The Morgan fingerprint density at radius 2 is 1.96 bits per heavy atom. The average Bonchev–Trinajstić information content (AvgIpc) is 3.07. The standard InChI is InChI=1S/C18H20Cl2N2O2.ClH/c19-15-1-2-17(20)13(8-15)7-12-3-5-22(6-4-12)18(23)14-9-16(10-21)24-11-14;/h1-2,8-9,11-12H,3-7,10,21H2;1H. The number of likely N-dealkylation sites (tertiary alicyclic amines) is 1. The molecule has 0 bridgehead atoms. The molecular formula is C18H21Cl3N2O2. The number of nitrogens with two attached hydrogens (primary N) is 1. The number of nitrogens with zero attached hydrogens (tertiary/aromatic N) is 1. The molecule has 136 valence electrons. The summed E-state index contributed by atoms with van der Waals surface area (Å²) in [5.74, 6) is 1.15. The highest BCUT2D eigenvalue weighted by Crippen LogP contribution is 2.28. The van der Waals surface area contributed by atoms with Gasteiger partial charge in [0.2, 0.25) is 0 Å². The number of hydrogen-bond donors (Lipinski definition) is 1. The van der Waals surface area contributed by atoms with Gasteiger partial charge in [0.25, 0.3) is 5.91 Å². The van der Waals surface area contributed by atoms with E-state index in [1.807, 2.05) is 17.0 Å². The van der Waals surface area contributed by atoms with Gasteiger partial charge in [-0.05, 0) is 55.0 Å². The van der Waals surface area contributed by atoms with Crippen molar-refractivity contribution in [2.75, 3.05) is 13.1 Å². The SMILES string of the molecule is Cl.NCc1cc(C(=O)N2CCC(Cc3cc(Cl)ccc3Cl)CC2)co1. The largest absolute Gasteiger partial charge is 0.467 e. The summed E-state index contributed by atoms with van der Waals surface area (Å²) < 4.78 is 5.25. The van der Waals surface area contributed by atoms with Crippen molar-refractivity contribution in [2.45, 2.75) is 25.8 Å². The second-order valence-corrected chi connectivity index (χ2v) is 7.02. The minimum atomic E-state index is 0. The highest BCUT2D eigenvalue weighted by Gasteiger charge is 2.25. The van der Waals surface area contributed by atoms with Crippen molar-refractivity contribution in [3.8, 4) is 0 Å². The molecule has 2 heterocycles. The first-order chi connectivity index (χ1) is 11.6. The van der Waals surface area contributed by atoms with Gasteiger partial charge in [-0.25, -0.2) is 0 Å². The molecule has 0 unspecified atom stereocenters. The highest BCUT2D eigenvalue weighted by atomic mass is 35.5. The number of carbonyl (C=O) groups is 1. The number of amides is 1. The first-order valence-corrected chi connectivity index (χ1v) is 8.83. The van der Waals surface area contributed by atoms with E-state index in [2.05, 4.69) is 0 Å². The Kier molecular flexibility index (Phi) is 7.20. The normalized spacial score (nSPS) is 15.1. The van der Waals surface area contributed by atoms with Gasteiger partial charge in [0, 0.05) is 23.1 Å². The summed E-state index contributed by atoms with van der Waals surface area (Å²) in [4.78, 5) is 14.4.